The van der Waals surface area contributed by atoms with E-state index in [2.05, 4.69) is 0 Å². The van der Waals surface area contributed by atoms with Gasteiger partial charge in [-0.05, 0) is 0 Å². The molecule has 0 amide bonds. The normalized spacial score (nSPS) is 2.50. The van der Waals surface area contributed by atoms with Crippen molar-refractivity contribution in [2.24, 2.45) is 0 Å². The Hall–Kier alpha value is 3.15. The molecule has 0 aromatic heterocycles. The first kappa shape index (κ1) is 10.2. The monoisotopic (exact) mass is 312 g/mol. The minimum Gasteiger partial charge on any atom is -1.00 e. The minimum absolute atomic E-state index is 0. The van der Waals surface area contributed by atoms with Crippen LogP contribution in [0.15, 0.2) is 0 Å². The summed E-state index contributed by atoms with van der Waals surface area (Å²) in [5.74, 6) is 0. The predicted molar refractivity (Wildman–Crippen MR) is 12.8 cm³/mol. The van der Waals surface area contributed by atoms with Crippen molar-refractivity contribution in [1.29, 1.82) is 0 Å². The molecule has 0 saturated carbocycles. The van der Waals surface area contributed by atoms with Crippen molar-refractivity contribution in [2.75, 3.05) is 0 Å². The van der Waals surface area contributed by atoms with Crippen LogP contribution in [0, 0.1) is 0 Å². The fourth-order valence-corrected chi connectivity index (χ4v) is 0. The molecule has 0 rings (SSSR count). The summed E-state index contributed by atoms with van der Waals surface area (Å²) in [5, 5.41) is 0. The Morgan fingerprint density at radius 3 is 1.50 bits per heavy atom. The van der Waals surface area contributed by atoms with E-state index < -0.39 is 22.1 Å². The molecule has 0 aromatic carbocycles. The molecule has 18 valence electrons. The maximum absolute atomic E-state index is 4.99. The van der Waals surface area contributed by atoms with Gasteiger partial charge in [-0.15, -0.1) is 0 Å². The maximum Gasteiger partial charge on any atom is 1.00 e. The summed E-state index contributed by atoms with van der Waals surface area (Å²) in [6.07, 6.45) is 0. The van der Waals surface area contributed by atoms with E-state index in [0.717, 1.165) is 0 Å². The van der Waals surface area contributed by atoms with Crippen LogP contribution in [0.4, 0.5) is 0 Å². The number of halogens is 2. The maximum atomic E-state index is 4.99. The number of hydrogen-bond donors (Lipinski definition) is 0. The molecule has 0 saturated heterocycles. The van der Waals surface area contributed by atoms with Crippen molar-refractivity contribution in [2.45, 2.75) is 0 Å². The van der Waals surface area contributed by atoms with Gasteiger partial charge in [0.25, 0.3) is 0 Å². The molecule has 0 unspecified atom stereocenters. The SMILES string of the molecule is [Cl][Hg][Cl].[H-].[K+]. The van der Waals surface area contributed by atoms with E-state index >= 15 is 0 Å². The Bertz CT molecular complexity index is 9.61. The van der Waals surface area contributed by atoms with Gasteiger partial charge in [0.15, 0.2) is 0 Å². The number of rotatable bonds is 0. The Labute approximate surface area is 88.8 Å². The summed E-state index contributed by atoms with van der Waals surface area (Å²) in [4.78, 5) is 0. The van der Waals surface area contributed by atoms with E-state index in [4.69, 9.17) is 16.5 Å². The Kier molecular flexibility index (Phi) is 24.1. The fourth-order valence-electron chi connectivity index (χ4n) is 0. The van der Waals surface area contributed by atoms with Crippen molar-refractivity contribution in [3.8, 4) is 0 Å². The van der Waals surface area contributed by atoms with Crippen molar-refractivity contribution < 1.29 is 74.9 Å². The molecule has 0 aliphatic rings. The van der Waals surface area contributed by atoms with Gasteiger partial charge in [0, 0.05) is 0 Å². The van der Waals surface area contributed by atoms with E-state index in [1.165, 1.54) is 0 Å². The molecule has 0 nitrogen and oxygen atoms in total. The van der Waals surface area contributed by atoms with Gasteiger partial charge in [-0.3, -0.25) is 0 Å². The molecule has 0 bridgehead atoms. The molecule has 0 aliphatic heterocycles. The van der Waals surface area contributed by atoms with Gasteiger partial charge in [0.1, 0.15) is 0 Å². The summed E-state index contributed by atoms with van der Waals surface area (Å²) < 4.78 is 0. The minimum atomic E-state index is -1.14. The van der Waals surface area contributed by atoms with E-state index in [1.54, 1.807) is 0 Å². The largest absolute Gasteiger partial charge is 1.00 e. The molecule has 0 radical (unpaired) electrons. The van der Waals surface area contributed by atoms with Gasteiger partial charge >= 0.3 is 90.0 Å². The summed E-state index contributed by atoms with van der Waals surface area (Å²) in [7, 11) is 9.97. The van der Waals surface area contributed by atoms with Crippen molar-refractivity contribution in [3.05, 3.63) is 0 Å². The van der Waals surface area contributed by atoms with Gasteiger partial charge in [0.05, 0.1) is 0 Å². The standard InChI is InChI=1S/2ClH.Hg.K.H/h2*1H;;;/q;;+2;+1;-1/p-2. The van der Waals surface area contributed by atoms with Crippen LogP contribution < -0.4 is 51.4 Å². The summed E-state index contributed by atoms with van der Waals surface area (Å²) >= 11 is -1.14. The van der Waals surface area contributed by atoms with Crippen LogP contribution in [0.1, 0.15) is 1.43 Å². The topological polar surface area (TPSA) is 0 Å². The van der Waals surface area contributed by atoms with Gasteiger partial charge in [-0.2, -0.15) is 0 Å². The predicted octanol–water partition coefficient (Wildman–Crippen LogP) is -1.51. The summed E-state index contributed by atoms with van der Waals surface area (Å²) in [5.41, 5.74) is 0. The third-order valence-corrected chi connectivity index (χ3v) is 0. The smallest absolute Gasteiger partial charge is 1.00 e. The summed E-state index contributed by atoms with van der Waals surface area (Å²) in [6.45, 7) is 0. The average molecular weight is 312 g/mol. The second kappa shape index (κ2) is 9.47. The van der Waals surface area contributed by atoms with Crippen LogP contribution in [-0.4, -0.2) is 0 Å². The molecule has 0 aromatic rings. The first-order valence-electron chi connectivity index (χ1n) is 0.535. The van der Waals surface area contributed by atoms with Crippen LogP contribution in [0.5, 0.6) is 0 Å². The van der Waals surface area contributed by atoms with Gasteiger partial charge in [-0.25, -0.2) is 0 Å². The first-order valence-corrected chi connectivity index (χ1v) is 14.1. The van der Waals surface area contributed by atoms with E-state index in [-0.39, 0.29) is 52.8 Å². The Morgan fingerprint density at radius 1 is 1.50 bits per heavy atom. The van der Waals surface area contributed by atoms with Crippen LogP contribution >= 0.6 is 16.5 Å². The van der Waals surface area contributed by atoms with E-state index in [0.29, 0.717) is 0 Å². The molecule has 0 atom stereocenters. The van der Waals surface area contributed by atoms with Crippen LogP contribution in [0.25, 0.3) is 0 Å². The molecular formula is HCl2HgK. The van der Waals surface area contributed by atoms with Gasteiger partial charge < -0.3 is 1.43 Å². The van der Waals surface area contributed by atoms with Gasteiger partial charge in [0.2, 0.25) is 0 Å². The average Bonchev–Trinajstić information content (AvgIpc) is 0.918. The molecule has 4 heavy (non-hydrogen) atoms. The van der Waals surface area contributed by atoms with Crippen molar-refractivity contribution >= 4 is 16.5 Å². The van der Waals surface area contributed by atoms with Crippen LogP contribution in [-0.2, 0) is 22.1 Å². The zero-order valence-electron chi connectivity index (χ0n) is 3.46. The van der Waals surface area contributed by atoms with Crippen LogP contribution in [0.3, 0.4) is 0 Å². The molecule has 0 N–H and O–H groups in total. The quantitative estimate of drug-likeness (QED) is 0.478. The molecule has 0 aliphatic carbocycles. The van der Waals surface area contributed by atoms with E-state index in [9.17, 15) is 0 Å². The Balaban J connectivity index is -0.0000000200. The molecule has 0 fully saturated rings. The number of hydrogen-bond acceptors (Lipinski definition) is 0. The fraction of sp³-hybridized carbons (Fsp3) is 0. The molecular weight excluding hydrogens is 311 g/mol. The molecule has 0 heterocycles. The van der Waals surface area contributed by atoms with Crippen molar-refractivity contribution in [3.63, 3.8) is 0 Å². The molecule has 0 spiro atoms. The van der Waals surface area contributed by atoms with Crippen LogP contribution in [0.2, 0.25) is 0 Å². The Morgan fingerprint density at radius 2 is 1.50 bits per heavy atom. The molecule has 4 heteroatoms. The van der Waals surface area contributed by atoms with E-state index in [1.807, 2.05) is 0 Å². The van der Waals surface area contributed by atoms with Gasteiger partial charge in [-0.1, -0.05) is 0 Å². The second-order valence-electron chi connectivity index (χ2n) is 0.101. The zero-order chi connectivity index (χ0) is 2.71. The summed E-state index contributed by atoms with van der Waals surface area (Å²) in [6, 6.07) is 0. The van der Waals surface area contributed by atoms with Crippen molar-refractivity contribution in [1.82, 2.24) is 0 Å². The second-order valence-corrected chi connectivity index (χ2v) is 7.98. The third-order valence-electron chi connectivity index (χ3n) is 0. The first-order chi connectivity index (χ1) is 1.41. The zero-order valence-corrected chi connectivity index (χ0v) is 12.6. The third kappa shape index (κ3) is 8.94.